The highest BCUT2D eigenvalue weighted by Crippen LogP contribution is 2.18. The Hall–Kier alpha value is -0.780. The van der Waals surface area contributed by atoms with Crippen LogP contribution < -0.4 is 0 Å². The molecule has 0 N–H and O–H groups in total. The number of aryl methyl sites for hydroxylation is 1. The van der Waals surface area contributed by atoms with E-state index in [4.69, 9.17) is 0 Å². The van der Waals surface area contributed by atoms with E-state index in [2.05, 4.69) is 52.0 Å². The standard InChI is InChI=1S/C19H32/c1-5-6-7-9-17(4)10-8-11-18-12-14-19(15-13-18)16(2)3/h12-17H,5-11H2,1-4H3. The van der Waals surface area contributed by atoms with Gasteiger partial charge in [-0.25, -0.2) is 0 Å². The maximum Gasteiger partial charge on any atom is -0.0219 e. The van der Waals surface area contributed by atoms with Gasteiger partial charge in [0.15, 0.2) is 0 Å². The van der Waals surface area contributed by atoms with E-state index in [-0.39, 0.29) is 0 Å². The van der Waals surface area contributed by atoms with Gasteiger partial charge >= 0.3 is 0 Å². The second-order valence-electron chi connectivity index (χ2n) is 6.39. The molecule has 0 bridgehead atoms. The van der Waals surface area contributed by atoms with Crippen LogP contribution in [0.2, 0.25) is 0 Å². The van der Waals surface area contributed by atoms with E-state index in [1.807, 2.05) is 0 Å². The third-order valence-electron chi connectivity index (χ3n) is 4.11. The average Bonchev–Trinajstić information content (AvgIpc) is 2.39. The predicted molar refractivity (Wildman–Crippen MR) is 86.8 cm³/mol. The Balaban J connectivity index is 2.21. The average molecular weight is 260 g/mol. The summed E-state index contributed by atoms with van der Waals surface area (Å²) in [4.78, 5) is 0. The zero-order valence-electron chi connectivity index (χ0n) is 13.4. The van der Waals surface area contributed by atoms with Crippen molar-refractivity contribution in [2.24, 2.45) is 5.92 Å². The van der Waals surface area contributed by atoms with E-state index in [1.165, 1.54) is 56.1 Å². The Kier molecular flexibility index (Phi) is 7.86. The van der Waals surface area contributed by atoms with Crippen LogP contribution in [0.1, 0.15) is 83.3 Å². The van der Waals surface area contributed by atoms with Crippen LogP contribution in [0.4, 0.5) is 0 Å². The summed E-state index contributed by atoms with van der Waals surface area (Å²) >= 11 is 0. The van der Waals surface area contributed by atoms with Crippen molar-refractivity contribution in [2.75, 3.05) is 0 Å². The van der Waals surface area contributed by atoms with Crippen LogP contribution in [-0.4, -0.2) is 0 Å². The molecule has 1 atom stereocenters. The highest BCUT2D eigenvalue weighted by atomic mass is 14.1. The van der Waals surface area contributed by atoms with Gasteiger partial charge in [0.2, 0.25) is 0 Å². The minimum Gasteiger partial charge on any atom is -0.0654 e. The molecule has 19 heavy (non-hydrogen) atoms. The third kappa shape index (κ3) is 6.80. The minimum atomic E-state index is 0.646. The van der Waals surface area contributed by atoms with Crippen molar-refractivity contribution in [1.82, 2.24) is 0 Å². The first-order valence-electron chi connectivity index (χ1n) is 8.22. The lowest BCUT2D eigenvalue weighted by molar-refractivity contribution is 0.450. The molecule has 0 heterocycles. The lowest BCUT2D eigenvalue weighted by Gasteiger charge is -2.11. The van der Waals surface area contributed by atoms with Crippen LogP contribution in [0.3, 0.4) is 0 Å². The molecule has 0 spiro atoms. The van der Waals surface area contributed by atoms with E-state index in [0.29, 0.717) is 5.92 Å². The van der Waals surface area contributed by atoms with Gasteiger partial charge in [0.1, 0.15) is 0 Å². The summed E-state index contributed by atoms with van der Waals surface area (Å²) in [5.74, 6) is 1.55. The van der Waals surface area contributed by atoms with Gasteiger partial charge in [-0.2, -0.15) is 0 Å². The van der Waals surface area contributed by atoms with Gasteiger partial charge in [-0.15, -0.1) is 0 Å². The molecule has 1 aromatic rings. The molecule has 0 aromatic heterocycles. The first kappa shape index (κ1) is 16.3. The monoisotopic (exact) mass is 260 g/mol. The topological polar surface area (TPSA) is 0 Å². The van der Waals surface area contributed by atoms with E-state index in [1.54, 1.807) is 0 Å². The van der Waals surface area contributed by atoms with Crippen molar-refractivity contribution < 1.29 is 0 Å². The number of rotatable bonds is 9. The molecule has 108 valence electrons. The van der Waals surface area contributed by atoms with Crippen LogP contribution >= 0.6 is 0 Å². The smallest absolute Gasteiger partial charge is 0.0219 e. The Labute approximate surface area is 120 Å². The van der Waals surface area contributed by atoms with Crippen molar-refractivity contribution in [1.29, 1.82) is 0 Å². The second-order valence-corrected chi connectivity index (χ2v) is 6.39. The third-order valence-corrected chi connectivity index (χ3v) is 4.11. The molecule has 0 nitrogen and oxygen atoms in total. The number of unbranched alkanes of at least 4 members (excludes halogenated alkanes) is 2. The number of benzene rings is 1. The summed E-state index contributed by atoms with van der Waals surface area (Å²) in [6.45, 7) is 9.21. The van der Waals surface area contributed by atoms with Crippen molar-refractivity contribution in [3.05, 3.63) is 35.4 Å². The Morgan fingerprint density at radius 2 is 1.47 bits per heavy atom. The molecule has 0 fully saturated rings. The van der Waals surface area contributed by atoms with Crippen molar-refractivity contribution in [3.63, 3.8) is 0 Å². The minimum absolute atomic E-state index is 0.646. The summed E-state index contributed by atoms with van der Waals surface area (Å²) in [7, 11) is 0. The summed E-state index contributed by atoms with van der Waals surface area (Å²) in [6, 6.07) is 9.23. The normalized spacial score (nSPS) is 12.9. The van der Waals surface area contributed by atoms with Gasteiger partial charge in [0.05, 0.1) is 0 Å². The van der Waals surface area contributed by atoms with Crippen molar-refractivity contribution >= 4 is 0 Å². The fraction of sp³-hybridized carbons (Fsp3) is 0.684. The van der Waals surface area contributed by atoms with Gasteiger partial charge in [-0.3, -0.25) is 0 Å². The number of hydrogen-bond donors (Lipinski definition) is 0. The Morgan fingerprint density at radius 3 is 2.05 bits per heavy atom. The van der Waals surface area contributed by atoms with Gasteiger partial charge in [-0.05, 0) is 35.8 Å². The second kappa shape index (κ2) is 9.18. The summed E-state index contributed by atoms with van der Waals surface area (Å²) in [5.41, 5.74) is 2.96. The Morgan fingerprint density at radius 1 is 0.842 bits per heavy atom. The largest absolute Gasteiger partial charge is 0.0654 e. The van der Waals surface area contributed by atoms with Gasteiger partial charge in [0.25, 0.3) is 0 Å². The fourth-order valence-electron chi connectivity index (χ4n) is 2.61. The van der Waals surface area contributed by atoms with Crippen LogP contribution in [0.15, 0.2) is 24.3 Å². The zero-order valence-corrected chi connectivity index (χ0v) is 13.4. The summed E-state index contributed by atoms with van der Waals surface area (Å²) in [6.07, 6.45) is 9.55. The molecule has 0 aliphatic rings. The maximum atomic E-state index is 2.41. The Bertz CT molecular complexity index is 320. The van der Waals surface area contributed by atoms with Gasteiger partial charge in [0, 0.05) is 0 Å². The molecule has 1 unspecified atom stereocenters. The lowest BCUT2D eigenvalue weighted by Crippen LogP contribution is -1.97. The summed E-state index contributed by atoms with van der Waals surface area (Å²) < 4.78 is 0. The first-order valence-corrected chi connectivity index (χ1v) is 8.22. The quantitative estimate of drug-likeness (QED) is 0.454. The lowest BCUT2D eigenvalue weighted by atomic mass is 9.95. The SMILES string of the molecule is CCCCCC(C)CCCc1ccc(C(C)C)cc1. The molecule has 1 rings (SSSR count). The van der Waals surface area contributed by atoms with E-state index >= 15 is 0 Å². The molecule has 0 radical (unpaired) electrons. The molecule has 0 saturated carbocycles. The van der Waals surface area contributed by atoms with Gasteiger partial charge in [-0.1, -0.05) is 84.1 Å². The van der Waals surface area contributed by atoms with Crippen LogP contribution in [-0.2, 0) is 6.42 Å². The predicted octanol–water partition coefficient (Wildman–Crippen LogP) is 6.35. The molecule has 0 aliphatic carbocycles. The maximum absolute atomic E-state index is 2.41. The molecule has 0 amide bonds. The summed E-state index contributed by atoms with van der Waals surface area (Å²) in [5, 5.41) is 0. The van der Waals surface area contributed by atoms with E-state index in [9.17, 15) is 0 Å². The van der Waals surface area contributed by atoms with E-state index in [0.717, 1.165) is 5.92 Å². The molecule has 0 saturated heterocycles. The highest BCUT2D eigenvalue weighted by molar-refractivity contribution is 5.24. The number of hydrogen-bond acceptors (Lipinski definition) is 0. The van der Waals surface area contributed by atoms with Crippen LogP contribution in [0.5, 0.6) is 0 Å². The van der Waals surface area contributed by atoms with Crippen LogP contribution in [0, 0.1) is 5.92 Å². The van der Waals surface area contributed by atoms with Crippen LogP contribution in [0.25, 0.3) is 0 Å². The van der Waals surface area contributed by atoms with Gasteiger partial charge < -0.3 is 0 Å². The fourth-order valence-corrected chi connectivity index (χ4v) is 2.61. The van der Waals surface area contributed by atoms with E-state index < -0.39 is 0 Å². The van der Waals surface area contributed by atoms with Crippen molar-refractivity contribution in [3.8, 4) is 0 Å². The first-order chi connectivity index (χ1) is 9.13. The van der Waals surface area contributed by atoms with Crippen molar-refractivity contribution in [2.45, 2.75) is 78.6 Å². The zero-order chi connectivity index (χ0) is 14.1. The molecular formula is C19H32. The molecule has 0 heteroatoms. The highest BCUT2D eigenvalue weighted by Gasteiger charge is 2.03. The molecule has 0 aliphatic heterocycles. The molecule has 1 aromatic carbocycles. The molecular weight excluding hydrogens is 228 g/mol.